The van der Waals surface area contributed by atoms with E-state index in [1.807, 2.05) is 31.1 Å². The van der Waals surface area contributed by atoms with Crippen LogP contribution in [0.2, 0.25) is 0 Å². The molecule has 0 atom stereocenters. The molecule has 1 aromatic rings. The van der Waals surface area contributed by atoms with Gasteiger partial charge in [-0.25, -0.2) is 0 Å². The van der Waals surface area contributed by atoms with Crippen LogP contribution >= 0.6 is 11.6 Å². The zero-order valence-electron chi connectivity index (χ0n) is 7.92. The maximum Gasteiger partial charge on any atom is 0.120 e. The molecule has 0 radical (unpaired) electrons. The minimum atomic E-state index is 0.336. The SMILES string of the molecule is CN(C)Cc1cc(CCl)ccc1O. The second-order valence-electron chi connectivity index (χ2n) is 3.33. The molecule has 0 fully saturated rings. The van der Waals surface area contributed by atoms with Crippen molar-refractivity contribution in [3.05, 3.63) is 29.3 Å². The number of nitrogens with zero attached hydrogens (tertiary/aromatic N) is 1. The highest BCUT2D eigenvalue weighted by atomic mass is 35.5. The van der Waals surface area contributed by atoms with Crippen LogP contribution in [0, 0.1) is 0 Å². The van der Waals surface area contributed by atoms with E-state index in [0.717, 1.165) is 17.7 Å². The third-order valence-corrected chi connectivity index (χ3v) is 2.09. The average Bonchev–Trinajstić information content (AvgIpc) is 2.08. The lowest BCUT2D eigenvalue weighted by molar-refractivity contribution is 0.385. The lowest BCUT2D eigenvalue weighted by Crippen LogP contribution is -2.10. The van der Waals surface area contributed by atoms with Crippen molar-refractivity contribution in [1.29, 1.82) is 0 Å². The van der Waals surface area contributed by atoms with Crippen molar-refractivity contribution in [2.75, 3.05) is 14.1 Å². The number of hydrogen-bond acceptors (Lipinski definition) is 2. The molecular formula is C10H14ClNO. The summed E-state index contributed by atoms with van der Waals surface area (Å²) in [6.07, 6.45) is 0. The fraction of sp³-hybridized carbons (Fsp3) is 0.400. The number of phenols is 1. The van der Waals surface area contributed by atoms with Gasteiger partial charge in [-0.15, -0.1) is 11.6 Å². The highest BCUT2D eigenvalue weighted by Crippen LogP contribution is 2.20. The Kier molecular flexibility index (Phi) is 3.58. The van der Waals surface area contributed by atoms with E-state index in [2.05, 4.69) is 0 Å². The van der Waals surface area contributed by atoms with Gasteiger partial charge in [0.15, 0.2) is 0 Å². The van der Waals surface area contributed by atoms with E-state index >= 15 is 0 Å². The first-order valence-electron chi connectivity index (χ1n) is 4.15. The lowest BCUT2D eigenvalue weighted by atomic mass is 10.1. The van der Waals surface area contributed by atoms with Gasteiger partial charge in [-0.2, -0.15) is 0 Å². The number of alkyl halides is 1. The average molecular weight is 200 g/mol. The topological polar surface area (TPSA) is 23.5 Å². The van der Waals surface area contributed by atoms with Crippen LogP contribution in [-0.2, 0) is 12.4 Å². The summed E-state index contributed by atoms with van der Waals surface area (Å²) in [6, 6.07) is 5.46. The molecular weight excluding hydrogens is 186 g/mol. The molecule has 0 aliphatic carbocycles. The molecule has 13 heavy (non-hydrogen) atoms. The zero-order chi connectivity index (χ0) is 9.84. The van der Waals surface area contributed by atoms with Crippen molar-refractivity contribution < 1.29 is 5.11 Å². The van der Waals surface area contributed by atoms with Gasteiger partial charge in [0, 0.05) is 18.0 Å². The van der Waals surface area contributed by atoms with Crippen LogP contribution in [-0.4, -0.2) is 24.1 Å². The number of phenolic OH excluding ortho intramolecular Hbond substituents is 1. The van der Waals surface area contributed by atoms with E-state index in [4.69, 9.17) is 11.6 Å². The van der Waals surface area contributed by atoms with Crippen LogP contribution in [0.4, 0.5) is 0 Å². The Labute approximate surface area is 83.7 Å². The van der Waals surface area contributed by atoms with Gasteiger partial charge < -0.3 is 10.0 Å². The Bertz CT molecular complexity index is 286. The number of aromatic hydroxyl groups is 1. The molecule has 2 nitrogen and oxygen atoms in total. The predicted molar refractivity (Wildman–Crippen MR) is 55.1 cm³/mol. The van der Waals surface area contributed by atoms with Crippen molar-refractivity contribution in [2.45, 2.75) is 12.4 Å². The van der Waals surface area contributed by atoms with Gasteiger partial charge in [-0.1, -0.05) is 6.07 Å². The Balaban J connectivity index is 2.90. The molecule has 0 spiro atoms. The highest BCUT2D eigenvalue weighted by molar-refractivity contribution is 6.17. The van der Waals surface area contributed by atoms with E-state index in [0.29, 0.717) is 11.6 Å². The van der Waals surface area contributed by atoms with Crippen molar-refractivity contribution in [3.8, 4) is 5.75 Å². The molecule has 0 saturated heterocycles. The van der Waals surface area contributed by atoms with E-state index < -0.39 is 0 Å². The normalized spacial score (nSPS) is 10.8. The molecule has 0 aliphatic rings. The molecule has 3 heteroatoms. The number of hydrogen-bond donors (Lipinski definition) is 1. The molecule has 1 rings (SSSR count). The molecule has 0 aliphatic heterocycles. The second-order valence-corrected chi connectivity index (χ2v) is 3.60. The monoisotopic (exact) mass is 199 g/mol. The summed E-state index contributed by atoms with van der Waals surface area (Å²) < 4.78 is 0. The van der Waals surface area contributed by atoms with Crippen molar-refractivity contribution >= 4 is 11.6 Å². The van der Waals surface area contributed by atoms with E-state index in [1.54, 1.807) is 6.07 Å². The Morgan fingerprint density at radius 2 is 2.08 bits per heavy atom. The molecule has 72 valence electrons. The van der Waals surface area contributed by atoms with Gasteiger partial charge in [0.05, 0.1) is 0 Å². The van der Waals surface area contributed by atoms with Gasteiger partial charge in [-0.05, 0) is 31.8 Å². The number of rotatable bonds is 3. The van der Waals surface area contributed by atoms with Gasteiger partial charge >= 0.3 is 0 Å². The quantitative estimate of drug-likeness (QED) is 0.755. The Morgan fingerprint density at radius 1 is 1.38 bits per heavy atom. The maximum atomic E-state index is 9.51. The van der Waals surface area contributed by atoms with Crippen LogP contribution in [0.25, 0.3) is 0 Å². The summed E-state index contributed by atoms with van der Waals surface area (Å²) in [6.45, 7) is 0.733. The summed E-state index contributed by atoms with van der Waals surface area (Å²) >= 11 is 5.69. The smallest absolute Gasteiger partial charge is 0.120 e. The third-order valence-electron chi connectivity index (χ3n) is 1.78. The highest BCUT2D eigenvalue weighted by Gasteiger charge is 2.03. The summed E-state index contributed by atoms with van der Waals surface area (Å²) in [5.74, 6) is 0.823. The summed E-state index contributed by atoms with van der Waals surface area (Å²) in [5, 5.41) is 9.51. The van der Waals surface area contributed by atoms with Crippen LogP contribution < -0.4 is 0 Å². The first-order valence-corrected chi connectivity index (χ1v) is 4.68. The van der Waals surface area contributed by atoms with Crippen LogP contribution in [0.5, 0.6) is 5.75 Å². The van der Waals surface area contributed by atoms with Crippen molar-refractivity contribution in [2.24, 2.45) is 0 Å². The number of halogens is 1. The van der Waals surface area contributed by atoms with Crippen molar-refractivity contribution in [1.82, 2.24) is 4.90 Å². The first-order chi connectivity index (χ1) is 6.13. The standard InChI is InChI=1S/C10H14ClNO/c1-12(2)7-9-5-8(6-11)3-4-10(9)13/h3-5,13H,6-7H2,1-2H3. The van der Waals surface area contributed by atoms with Crippen LogP contribution in [0.3, 0.4) is 0 Å². The maximum absolute atomic E-state index is 9.51. The molecule has 0 saturated carbocycles. The molecule has 1 N–H and O–H groups in total. The predicted octanol–water partition coefficient (Wildman–Crippen LogP) is 2.19. The summed E-state index contributed by atoms with van der Waals surface area (Å²) in [4.78, 5) is 2.01. The molecule has 1 aromatic carbocycles. The van der Waals surface area contributed by atoms with Crippen LogP contribution in [0.1, 0.15) is 11.1 Å². The molecule has 0 aromatic heterocycles. The fourth-order valence-electron chi connectivity index (χ4n) is 1.19. The summed E-state index contributed by atoms with van der Waals surface area (Å²) in [5.41, 5.74) is 1.96. The minimum Gasteiger partial charge on any atom is -0.508 e. The summed E-state index contributed by atoms with van der Waals surface area (Å²) in [7, 11) is 3.93. The van der Waals surface area contributed by atoms with Gasteiger partial charge in [0.2, 0.25) is 0 Å². The largest absolute Gasteiger partial charge is 0.508 e. The zero-order valence-corrected chi connectivity index (χ0v) is 8.67. The Hall–Kier alpha value is -0.730. The van der Waals surface area contributed by atoms with E-state index in [-0.39, 0.29) is 0 Å². The van der Waals surface area contributed by atoms with Gasteiger partial charge in [0.25, 0.3) is 0 Å². The van der Waals surface area contributed by atoms with E-state index in [9.17, 15) is 5.11 Å². The van der Waals surface area contributed by atoms with Crippen LogP contribution in [0.15, 0.2) is 18.2 Å². The molecule has 0 heterocycles. The second kappa shape index (κ2) is 4.49. The lowest BCUT2D eigenvalue weighted by Gasteiger charge is -2.11. The molecule has 0 bridgehead atoms. The van der Waals surface area contributed by atoms with Crippen molar-refractivity contribution in [3.63, 3.8) is 0 Å². The van der Waals surface area contributed by atoms with E-state index in [1.165, 1.54) is 0 Å². The fourth-order valence-corrected chi connectivity index (χ4v) is 1.36. The first kappa shape index (κ1) is 10.4. The van der Waals surface area contributed by atoms with Gasteiger partial charge in [0.1, 0.15) is 5.75 Å². The third kappa shape index (κ3) is 2.90. The van der Waals surface area contributed by atoms with Gasteiger partial charge in [-0.3, -0.25) is 0 Å². The number of benzene rings is 1. The molecule has 0 unspecified atom stereocenters. The molecule has 0 amide bonds. The minimum absolute atomic E-state index is 0.336. The Morgan fingerprint density at radius 3 is 2.62 bits per heavy atom.